The highest BCUT2D eigenvalue weighted by Gasteiger charge is 2.23. The van der Waals surface area contributed by atoms with Crippen LogP contribution in [0.4, 0.5) is 0 Å². The fourth-order valence-electron chi connectivity index (χ4n) is 3.35. The Kier molecular flexibility index (Phi) is 5.51. The van der Waals surface area contributed by atoms with E-state index in [1.165, 1.54) is 18.4 Å². The number of carbonyl (C=O) groups excluding carboxylic acids is 1. The van der Waals surface area contributed by atoms with E-state index in [-0.39, 0.29) is 0 Å². The van der Waals surface area contributed by atoms with Gasteiger partial charge in [0.05, 0.1) is 13.7 Å². The van der Waals surface area contributed by atoms with Gasteiger partial charge in [-0.05, 0) is 30.5 Å². The predicted octanol–water partition coefficient (Wildman–Crippen LogP) is 1.44. The highest BCUT2D eigenvalue weighted by atomic mass is 16.5. The maximum Gasteiger partial charge on any atom is 0.236 e. The van der Waals surface area contributed by atoms with Crippen LogP contribution in [0.25, 0.3) is 0 Å². The molecule has 126 valence electrons. The van der Waals surface area contributed by atoms with Crippen LogP contribution >= 0.6 is 0 Å². The van der Waals surface area contributed by atoms with E-state index in [1.54, 1.807) is 7.11 Å². The van der Waals surface area contributed by atoms with Crippen LogP contribution in [-0.4, -0.2) is 73.5 Å². The smallest absolute Gasteiger partial charge is 0.236 e. The van der Waals surface area contributed by atoms with E-state index in [0.29, 0.717) is 12.5 Å². The molecule has 0 aliphatic carbocycles. The first-order valence-corrected chi connectivity index (χ1v) is 8.60. The number of rotatable bonds is 5. The fourth-order valence-corrected chi connectivity index (χ4v) is 3.35. The van der Waals surface area contributed by atoms with Crippen molar-refractivity contribution in [2.24, 2.45) is 0 Å². The lowest BCUT2D eigenvalue weighted by Gasteiger charge is -2.35. The topological polar surface area (TPSA) is 36.0 Å². The van der Waals surface area contributed by atoms with Gasteiger partial charge in [0.15, 0.2) is 0 Å². The van der Waals surface area contributed by atoms with Crippen LogP contribution < -0.4 is 4.74 Å². The molecule has 2 heterocycles. The first kappa shape index (κ1) is 16.3. The van der Waals surface area contributed by atoms with Gasteiger partial charge in [-0.1, -0.05) is 12.1 Å². The summed E-state index contributed by atoms with van der Waals surface area (Å²) in [5, 5.41) is 0. The second-order valence-electron chi connectivity index (χ2n) is 6.49. The Morgan fingerprint density at radius 1 is 0.957 bits per heavy atom. The zero-order valence-electron chi connectivity index (χ0n) is 14.0. The number of ether oxygens (including phenoxy) is 1. The van der Waals surface area contributed by atoms with Gasteiger partial charge in [0.25, 0.3) is 0 Å². The Morgan fingerprint density at radius 3 is 2.17 bits per heavy atom. The Hall–Kier alpha value is -1.59. The summed E-state index contributed by atoms with van der Waals surface area (Å²) >= 11 is 0. The van der Waals surface area contributed by atoms with E-state index in [9.17, 15) is 4.79 Å². The molecule has 2 aliphatic rings. The number of hydrogen-bond acceptors (Lipinski definition) is 4. The summed E-state index contributed by atoms with van der Waals surface area (Å²) < 4.78 is 5.20. The summed E-state index contributed by atoms with van der Waals surface area (Å²) in [5.41, 5.74) is 1.31. The number of amides is 1. The monoisotopic (exact) mass is 317 g/mol. The molecule has 5 nitrogen and oxygen atoms in total. The van der Waals surface area contributed by atoms with Crippen LogP contribution in [0.1, 0.15) is 18.4 Å². The molecular weight excluding hydrogens is 290 g/mol. The van der Waals surface area contributed by atoms with Crippen LogP contribution in [0.15, 0.2) is 24.3 Å². The van der Waals surface area contributed by atoms with Crippen molar-refractivity contribution >= 4 is 5.91 Å². The minimum atomic E-state index is 0.311. The van der Waals surface area contributed by atoms with Crippen molar-refractivity contribution in [1.82, 2.24) is 14.7 Å². The van der Waals surface area contributed by atoms with Gasteiger partial charge in [-0.2, -0.15) is 0 Å². The van der Waals surface area contributed by atoms with Crippen molar-refractivity contribution < 1.29 is 9.53 Å². The largest absolute Gasteiger partial charge is 0.497 e. The van der Waals surface area contributed by atoms with Gasteiger partial charge in [-0.3, -0.25) is 14.6 Å². The van der Waals surface area contributed by atoms with Crippen LogP contribution in [0.5, 0.6) is 5.75 Å². The number of nitrogens with zero attached hydrogens (tertiary/aromatic N) is 3. The van der Waals surface area contributed by atoms with Gasteiger partial charge in [0.1, 0.15) is 5.75 Å². The molecule has 0 bridgehead atoms. The molecule has 1 amide bonds. The van der Waals surface area contributed by atoms with E-state index in [4.69, 9.17) is 4.74 Å². The van der Waals surface area contributed by atoms with Crippen LogP contribution in [0.3, 0.4) is 0 Å². The third-order valence-corrected chi connectivity index (χ3v) is 4.85. The van der Waals surface area contributed by atoms with E-state index in [1.807, 2.05) is 17.0 Å². The summed E-state index contributed by atoms with van der Waals surface area (Å²) in [6.45, 7) is 7.49. The quantitative estimate of drug-likeness (QED) is 0.823. The molecule has 0 spiro atoms. The molecule has 2 fully saturated rings. The van der Waals surface area contributed by atoms with Gasteiger partial charge < -0.3 is 9.64 Å². The van der Waals surface area contributed by atoms with E-state index >= 15 is 0 Å². The lowest BCUT2D eigenvalue weighted by Crippen LogP contribution is -2.49. The third-order valence-electron chi connectivity index (χ3n) is 4.85. The molecule has 3 rings (SSSR count). The molecule has 1 aromatic rings. The standard InChI is InChI=1S/C18H27N3O2/c1-23-17-6-4-16(5-7-17)14-19-10-12-20(13-11-19)15-18(22)21-8-2-3-9-21/h4-7H,2-3,8-15H2,1H3. The van der Waals surface area contributed by atoms with Crippen molar-refractivity contribution in [1.29, 1.82) is 0 Å². The lowest BCUT2D eigenvalue weighted by atomic mass is 10.2. The number of benzene rings is 1. The first-order valence-electron chi connectivity index (χ1n) is 8.60. The highest BCUT2D eigenvalue weighted by molar-refractivity contribution is 5.78. The van der Waals surface area contributed by atoms with Gasteiger partial charge in [0.2, 0.25) is 5.91 Å². The Bertz CT molecular complexity index is 504. The summed E-state index contributed by atoms with van der Waals surface area (Å²) in [5.74, 6) is 1.21. The van der Waals surface area contributed by atoms with E-state index in [2.05, 4.69) is 21.9 Å². The van der Waals surface area contributed by atoms with Crippen molar-refractivity contribution in [3.05, 3.63) is 29.8 Å². The Balaban J connectivity index is 1.41. The van der Waals surface area contributed by atoms with Gasteiger partial charge in [-0.15, -0.1) is 0 Å². The summed E-state index contributed by atoms with van der Waals surface area (Å²) in [6, 6.07) is 8.28. The van der Waals surface area contributed by atoms with Crippen LogP contribution in [0, 0.1) is 0 Å². The highest BCUT2D eigenvalue weighted by Crippen LogP contribution is 2.14. The Labute approximate surface area is 138 Å². The number of hydrogen-bond donors (Lipinski definition) is 0. The zero-order chi connectivity index (χ0) is 16.1. The molecule has 0 N–H and O–H groups in total. The van der Waals surface area contributed by atoms with Crippen LogP contribution in [0.2, 0.25) is 0 Å². The normalized spacial score (nSPS) is 20.0. The molecule has 0 radical (unpaired) electrons. The average molecular weight is 317 g/mol. The molecule has 5 heteroatoms. The summed E-state index contributed by atoms with van der Waals surface area (Å²) in [7, 11) is 1.69. The number of piperazine rings is 1. The van der Waals surface area contributed by atoms with Gasteiger partial charge in [-0.25, -0.2) is 0 Å². The zero-order valence-corrected chi connectivity index (χ0v) is 14.0. The fraction of sp³-hybridized carbons (Fsp3) is 0.611. The van der Waals surface area contributed by atoms with E-state index < -0.39 is 0 Å². The second-order valence-corrected chi connectivity index (χ2v) is 6.49. The molecular formula is C18H27N3O2. The first-order chi connectivity index (χ1) is 11.2. The van der Waals surface area contributed by atoms with Crippen molar-refractivity contribution in [3.8, 4) is 5.75 Å². The molecule has 0 unspecified atom stereocenters. The maximum absolute atomic E-state index is 12.2. The number of methoxy groups -OCH3 is 1. The molecule has 1 aromatic carbocycles. The predicted molar refractivity (Wildman–Crippen MR) is 90.5 cm³/mol. The average Bonchev–Trinajstić information content (AvgIpc) is 3.12. The van der Waals surface area contributed by atoms with Crippen LogP contribution in [-0.2, 0) is 11.3 Å². The minimum Gasteiger partial charge on any atom is -0.497 e. The minimum absolute atomic E-state index is 0.311. The SMILES string of the molecule is COc1ccc(CN2CCN(CC(=O)N3CCCC3)CC2)cc1. The van der Waals surface area contributed by atoms with Crippen molar-refractivity contribution in [3.63, 3.8) is 0 Å². The maximum atomic E-state index is 12.2. The van der Waals surface area contributed by atoms with Crippen molar-refractivity contribution in [2.75, 3.05) is 52.9 Å². The molecule has 0 aromatic heterocycles. The molecule has 2 aliphatic heterocycles. The number of carbonyl (C=O) groups is 1. The van der Waals surface area contributed by atoms with Crippen molar-refractivity contribution in [2.45, 2.75) is 19.4 Å². The van der Waals surface area contributed by atoms with Gasteiger partial charge >= 0.3 is 0 Å². The third kappa shape index (κ3) is 4.45. The molecule has 0 atom stereocenters. The molecule has 0 saturated carbocycles. The molecule has 2 saturated heterocycles. The summed E-state index contributed by atoms with van der Waals surface area (Å²) in [4.78, 5) is 19.0. The number of likely N-dealkylation sites (tertiary alicyclic amines) is 1. The Morgan fingerprint density at radius 2 is 1.57 bits per heavy atom. The lowest BCUT2D eigenvalue weighted by molar-refractivity contribution is -0.131. The van der Waals surface area contributed by atoms with Gasteiger partial charge in [0, 0.05) is 45.8 Å². The molecule has 23 heavy (non-hydrogen) atoms. The summed E-state index contributed by atoms with van der Waals surface area (Å²) in [6.07, 6.45) is 2.34. The van der Waals surface area contributed by atoms with E-state index in [0.717, 1.165) is 51.6 Å². The second kappa shape index (κ2) is 7.79.